The fraction of sp³-hybridized carbons (Fsp3) is 0.706. The lowest BCUT2D eigenvalue weighted by Gasteiger charge is -2.59. The number of ketones is 1. The zero-order valence-electron chi connectivity index (χ0n) is 49.0. The molecule has 13 heteroatoms. The maximum Gasteiger partial charge on any atom is 0.207 e. The zero-order chi connectivity index (χ0) is 56.4. The van der Waals surface area contributed by atoms with E-state index >= 15 is 4.79 Å². The number of guanidine groups is 1. The highest BCUT2D eigenvalue weighted by Crippen LogP contribution is 2.67. The predicted octanol–water partition coefficient (Wildman–Crippen LogP) is 11.0. The highest BCUT2D eigenvalue weighted by atomic mass is 16.6. The van der Waals surface area contributed by atoms with Crippen LogP contribution in [-0.4, -0.2) is 91.1 Å². The number of hydrogen-bond donors (Lipinski definition) is 7. The molecule has 440 valence electrons. The summed E-state index contributed by atoms with van der Waals surface area (Å²) < 4.78 is 26.9. The smallest absolute Gasteiger partial charge is 0.207 e. The second kappa shape index (κ2) is 24.8. The van der Waals surface area contributed by atoms with E-state index in [1.54, 1.807) is 20.2 Å². The number of hydrogen-bond acceptors (Lipinski definition) is 11. The zero-order valence-corrected chi connectivity index (χ0v) is 49.0. The van der Waals surface area contributed by atoms with Gasteiger partial charge in [0.15, 0.2) is 29.3 Å². The number of phenolic OH excluding ortho intramolecular Hbond substituents is 1. The van der Waals surface area contributed by atoms with Crippen molar-refractivity contribution in [3.05, 3.63) is 53.6 Å². The first-order valence-corrected chi connectivity index (χ1v) is 31.8. The molecule has 81 heavy (non-hydrogen) atoms. The minimum Gasteiger partial charge on any atom is -0.504 e. The maximum absolute atomic E-state index is 15.9. The van der Waals surface area contributed by atoms with Crippen LogP contribution in [0.3, 0.4) is 0 Å². The molecule has 7 aliphatic carbocycles. The van der Waals surface area contributed by atoms with Crippen LogP contribution in [0.4, 0.5) is 5.69 Å². The summed E-state index contributed by atoms with van der Waals surface area (Å²) in [7, 11) is 5.34. The molecule has 0 aromatic heterocycles. The number of likely N-dealkylation sites (N-methyl/N-ethyl adjacent to an activating group) is 1. The average molecular weight is 1110 g/mol. The molecule has 11 rings (SSSR count). The van der Waals surface area contributed by atoms with Crippen LogP contribution in [0.25, 0.3) is 0 Å². The Kier molecular flexibility index (Phi) is 17.8. The van der Waals surface area contributed by atoms with Crippen molar-refractivity contribution in [2.75, 3.05) is 46.3 Å². The van der Waals surface area contributed by atoms with E-state index in [1.807, 2.05) is 25.3 Å². The SMILES string of the molecule is CCC1CCC2C(C1)C1C=CC(=O)C3(Cc4ccc(O)c(OC)c4)CCCC3CC#CNC(=NC)Nc3cc(cc4c3OC#CC3(CCCCC3)C3CC(CNC)(CC3CC(O)OC3CCCC3CO)O4)C13CCCC3C2CCCO. The number of carbonyl (C=O) groups excluding carboxylic acids is 1. The summed E-state index contributed by atoms with van der Waals surface area (Å²) in [5.74, 6) is 11.8. The normalized spacial score (nSPS) is 36.6. The first kappa shape index (κ1) is 58.0. The number of phenols is 1. The van der Waals surface area contributed by atoms with E-state index in [1.165, 1.54) is 12.0 Å². The summed E-state index contributed by atoms with van der Waals surface area (Å²) in [5.41, 5.74) is 0.669. The molecule has 2 spiro atoms. The Labute approximate surface area is 483 Å². The van der Waals surface area contributed by atoms with E-state index in [9.17, 15) is 20.4 Å². The Morgan fingerprint density at radius 2 is 1.79 bits per heavy atom. The van der Waals surface area contributed by atoms with Crippen LogP contribution in [0.1, 0.15) is 172 Å². The van der Waals surface area contributed by atoms with E-state index in [0.29, 0.717) is 84.8 Å². The van der Waals surface area contributed by atoms with Crippen molar-refractivity contribution in [1.29, 1.82) is 0 Å². The third kappa shape index (κ3) is 11.2. The summed E-state index contributed by atoms with van der Waals surface area (Å²) in [4.78, 5) is 20.7. The number of ether oxygens (including phenoxy) is 4. The molecule has 0 amide bonds. The Bertz CT molecular complexity index is 2750. The quantitative estimate of drug-likeness (QED) is 0.0703. The van der Waals surface area contributed by atoms with Gasteiger partial charge in [-0.1, -0.05) is 82.3 Å². The van der Waals surface area contributed by atoms with Gasteiger partial charge in [0.1, 0.15) is 11.7 Å². The third-order valence-electron chi connectivity index (χ3n) is 22.8. The number of anilines is 1. The highest BCUT2D eigenvalue weighted by molar-refractivity contribution is 5.97. The molecule has 2 aromatic carbocycles. The van der Waals surface area contributed by atoms with Gasteiger partial charge < -0.3 is 50.0 Å². The van der Waals surface area contributed by atoms with Crippen LogP contribution in [0, 0.1) is 94.0 Å². The van der Waals surface area contributed by atoms with Crippen LogP contribution < -0.4 is 30.2 Å². The number of fused-ring (bicyclic) bond motifs is 10. The second-order valence-electron chi connectivity index (χ2n) is 26.7. The maximum atomic E-state index is 15.9. The van der Waals surface area contributed by atoms with Crippen molar-refractivity contribution in [3.63, 3.8) is 0 Å². The van der Waals surface area contributed by atoms with Gasteiger partial charge in [-0.15, -0.1) is 0 Å². The van der Waals surface area contributed by atoms with Crippen molar-refractivity contribution < 1.29 is 44.2 Å². The van der Waals surface area contributed by atoms with Crippen molar-refractivity contribution in [2.24, 2.45) is 75.0 Å². The molecule has 7 N–H and O–H groups in total. The molecular weight excluding hydrogens is 1020 g/mol. The number of carbonyl (C=O) groups is 1. The highest BCUT2D eigenvalue weighted by Gasteiger charge is 2.62. The number of rotatable bonds is 14. The lowest BCUT2D eigenvalue weighted by Crippen LogP contribution is -2.55. The van der Waals surface area contributed by atoms with Crippen LogP contribution in [-0.2, 0) is 21.4 Å². The lowest BCUT2D eigenvalue weighted by atomic mass is 9.45. The van der Waals surface area contributed by atoms with E-state index in [-0.39, 0.29) is 71.8 Å². The van der Waals surface area contributed by atoms with Gasteiger partial charge in [0, 0.05) is 67.9 Å². The van der Waals surface area contributed by atoms with E-state index in [0.717, 1.165) is 134 Å². The minimum absolute atomic E-state index is 0.000565. The number of aliphatic imine (C=N–C) groups is 1. The Morgan fingerprint density at radius 3 is 2.58 bits per heavy atom. The van der Waals surface area contributed by atoms with Crippen molar-refractivity contribution >= 4 is 17.4 Å². The fourth-order valence-electron chi connectivity index (χ4n) is 19.2. The first-order valence-electron chi connectivity index (χ1n) is 31.8. The van der Waals surface area contributed by atoms with Gasteiger partial charge >= 0.3 is 0 Å². The number of aromatic hydroxyl groups is 1. The van der Waals surface area contributed by atoms with Crippen LogP contribution >= 0.6 is 0 Å². The summed E-state index contributed by atoms with van der Waals surface area (Å²) >= 11 is 0. The van der Waals surface area contributed by atoms with Gasteiger partial charge in [0.05, 0.1) is 18.9 Å². The van der Waals surface area contributed by atoms with Crippen molar-refractivity contribution in [2.45, 2.75) is 191 Å². The monoisotopic (exact) mass is 1110 g/mol. The molecule has 0 saturated heterocycles. The van der Waals surface area contributed by atoms with Gasteiger partial charge in [-0.3, -0.25) is 15.1 Å². The molecule has 9 aliphatic rings. The van der Waals surface area contributed by atoms with Gasteiger partial charge in [0.2, 0.25) is 11.7 Å². The van der Waals surface area contributed by atoms with Gasteiger partial charge in [-0.2, -0.15) is 0 Å². The third-order valence-corrected chi connectivity index (χ3v) is 22.8. The minimum atomic E-state index is -0.977. The van der Waals surface area contributed by atoms with E-state index < -0.39 is 22.7 Å². The second-order valence-corrected chi connectivity index (χ2v) is 26.7. The largest absolute Gasteiger partial charge is 0.504 e. The number of allylic oxidation sites excluding steroid dienone is 2. The topological polar surface area (TPSA) is 183 Å². The van der Waals surface area contributed by atoms with Gasteiger partial charge in [-0.05, 0) is 198 Å². The molecule has 2 aromatic rings. The fourth-order valence-corrected chi connectivity index (χ4v) is 19.2. The summed E-state index contributed by atoms with van der Waals surface area (Å²) in [5, 5.41) is 54.1. The summed E-state index contributed by atoms with van der Waals surface area (Å²) in [6.07, 6.45) is 29.5. The number of aliphatic hydroxyl groups is 3. The number of nitrogens with zero attached hydrogens (tertiary/aromatic N) is 1. The molecule has 2 aliphatic heterocycles. The number of methoxy groups -OCH3 is 1. The van der Waals surface area contributed by atoms with Gasteiger partial charge in [0.25, 0.3) is 0 Å². The van der Waals surface area contributed by atoms with Crippen molar-refractivity contribution in [3.8, 4) is 47.0 Å². The number of nitrogens with one attached hydrogen (secondary N) is 3. The summed E-state index contributed by atoms with van der Waals surface area (Å²) in [6.45, 7) is 3.15. The molecular formula is C68H94N4O9. The molecule has 15 atom stereocenters. The molecule has 7 fully saturated rings. The number of aliphatic hydroxyl groups excluding tert-OH is 3. The molecule has 15 unspecified atom stereocenters. The molecule has 4 bridgehead atoms. The Hall–Kier alpha value is -4.76. The lowest BCUT2D eigenvalue weighted by molar-refractivity contribution is -0.160. The molecule has 13 nitrogen and oxygen atoms in total. The standard InChI is InChI=1S/C68H94N4O9/c1-5-44-20-22-50-51(17-13-32-73)53-18-11-29-68(53)49-37-56(72-64(70-3)71-31-12-16-48-15-10-28-67(48,61(76)25-23-54(68)52(50)34-44)39-45-21-24-57(75)59(35-45)78-4)63-60(38-49)81-66(43-69-2)40-47(36-62(77)80-58-19-9-14-46(58)42-74)55(41-66)65(30-33-79-63)26-7-6-8-27-65/h21,23-25,35,37-38,44,46-48,50-55,58,62,69,73-75,77H,5-11,13-20,22,26-29,32,34,36,39-43H2,1-4H3,(H2,70,71,72). The number of benzene rings is 2. The van der Waals surface area contributed by atoms with E-state index in [4.69, 9.17) is 23.9 Å². The predicted molar refractivity (Wildman–Crippen MR) is 316 cm³/mol. The Morgan fingerprint density at radius 1 is 0.938 bits per heavy atom. The van der Waals surface area contributed by atoms with E-state index in [2.05, 4.69) is 65.1 Å². The molecule has 2 heterocycles. The first-order chi connectivity index (χ1) is 39.4. The molecule has 0 radical (unpaired) electrons. The van der Waals surface area contributed by atoms with Crippen LogP contribution in [0.5, 0.6) is 23.0 Å². The summed E-state index contributed by atoms with van der Waals surface area (Å²) in [6, 6.07) is 13.4. The van der Waals surface area contributed by atoms with Crippen LogP contribution in [0.15, 0.2) is 47.5 Å². The average Bonchev–Trinajstić information content (AvgIpc) is 4.47. The Balaban J connectivity index is 1.08. The van der Waals surface area contributed by atoms with Crippen molar-refractivity contribution in [1.82, 2.24) is 10.6 Å². The van der Waals surface area contributed by atoms with Gasteiger partial charge in [-0.25, -0.2) is 0 Å². The van der Waals surface area contributed by atoms with Crippen LogP contribution in [0.2, 0.25) is 0 Å². The molecule has 7 saturated carbocycles.